The van der Waals surface area contributed by atoms with E-state index in [1.807, 2.05) is 6.92 Å². The Hall–Kier alpha value is -4.12. The van der Waals surface area contributed by atoms with Gasteiger partial charge < -0.3 is 19.7 Å². The Balaban J connectivity index is 1.73. The van der Waals surface area contributed by atoms with E-state index in [0.717, 1.165) is 36.4 Å². The van der Waals surface area contributed by atoms with Crippen LogP contribution in [0.15, 0.2) is 77.7 Å². The van der Waals surface area contributed by atoms with Crippen molar-refractivity contribution < 1.29 is 31.9 Å². The van der Waals surface area contributed by atoms with Gasteiger partial charge in [0.25, 0.3) is 10.0 Å². The summed E-state index contributed by atoms with van der Waals surface area (Å²) in [7, 11) is -1.40. The number of hydrogen-bond acceptors (Lipinski definition) is 6. The second-order valence-corrected chi connectivity index (χ2v) is 12.6. The van der Waals surface area contributed by atoms with E-state index in [4.69, 9.17) is 9.47 Å². The Morgan fingerprint density at radius 1 is 0.932 bits per heavy atom. The molecule has 1 atom stereocenters. The lowest BCUT2D eigenvalue weighted by molar-refractivity contribution is -0.140. The minimum Gasteiger partial charge on any atom is -0.497 e. The van der Waals surface area contributed by atoms with Crippen LogP contribution in [0.3, 0.4) is 0 Å². The number of carbonyl (C=O) groups is 2. The Labute approximate surface area is 259 Å². The lowest BCUT2D eigenvalue weighted by Crippen LogP contribution is -2.54. The van der Waals surface area contributed by atoms with Crippen molar-refractivity contribution in [2.45, 2.75) is 69.0 Å². The minimum atomic E-state index is -4.29. The van der Waals surface area contributed by atoms with Crippen LogP contribution in [0.25, 0.3) is 0 Å². The van der Waals surface area contributed by atoms with Crippen molar-refractivity contribution in [3.8, 4) is 11.5 Å². The van der Waals surface area contributed by atoms with E-state index in [9.17, 15) is 22.4 Å². The van der Waals surface area contributed by atoms with Gasteiger partial charge >= 0.3 is 0 Å². The van der Waals surface area contributed by atoms with E-state index in [0.29, 0.717) is 17.7 Å². The lowest BCUT2D eigenvalue weighted by atomic mass is 9.95. The van der Waals surface area contributed by atoms with Crippen molar-refractivity contribution in [1.82, 2.24) is 10.2 Å². The third-order valence-corrected chi connectivity index (χ3v) is 9.66. The van der Waals surface area contributed by atoms with Crippen molar-refractivity contribution in [1.29, 1.82) is 0 Å². The SMILES string of the molecule is CCC(C(=O)NC1CCCCC1)N(Cc1ccc(F)cc1)C(=O)CN(c1ccccc1OC)S(=O)(=O)c1ccc(OC)cc1. The van der Waals surface area contributed by atoms with E-state index < -0.39 is 34.3 Å². The largest absolute Gasteiger partial charge is 0.497 e. The van der Waals surface area contributed by atoms with Crippen LogP contribution in [0.2, 0.25) is 0 Å². The first-order chi connectivity index (χ1) is 21.2. The molecule has 1 fully saturated rings. The third-order valence-electron chi connectivity index (χ3n) is 7.88. The summed E-state index contributed by atoms with van der Waals surface area (Å²) < 4.78 is 53.7. The Morgan fingerprint density at radius 3 is 2.20 bits per heavy atom. The maximum absolute atomic E-state index is 14.3. The molecule has 1 aliphatic rings. The Kier molecular flexibility index (Phi) is 11.2. The summed E-state index contributed by atoms with van der Waals surface area (Å²) in [5.41, 5.74) is 0.770. The summed E-state index contributed by atoms with van der Waals surface area (Å²) in [6, 6.07) is 17.2. The maximum atomic E-state index is 14.3. The fourth-order valence-corrected chi connectivity index (χ4v) is 6.90. The van der Waals surface area contributed by atoms with Gasteiger partial charge in [0, 0.05) is 12.6 Å². The number of para-hydroxylation sites is 2. The molecule has 44 heavy (non-hydrogen) atoms. The number of carbonyl (C=O) groups excluding carboxylic acids is 2. The summed E-state index contributed by atoms with van der Waals surface area (Å²) in [6.07, 6.45) is 5.21. The maximum Gasteiger partial charge on any atom is 0.264 e. The number of sulfonamides is 1. The van der Waals surface area contributed by atoms with Gasteiger partial charge in [-0.15, -0.1) is 0 Å². The molecule has 11 heteroatoms. The van der Waals surface area contributed by atoms with Crippen LogP contribution in [0.1, 0.15) is 51.0 Å². The number of anilines is 1. The molecule has 0 radical (unpaired) electrons. The highest BCUT2D eigenvalue weighted by molar-refractivity contribution is 7.92. The van der Waals surface area contributed by atoms with Gasteiger partial charge in [0.15, 0.2) is 0 Å². The molecule has 0 aliphatic heterocycles. The first kappa shape index (κ1) is 32.8. The number of nitrogens with zero attached hydrogens (tertiary/aromatic N) is 2. The second kappa shape index (κ2) is 15.1. The Morgan fingerprint density at radius 2 is 1.59 bits per heavy atom. The lowest BCUT2D eigenvalue weighted by Gasteiger charge is -2.34. The molecule has 3 aromatic carbocycles. The van der Waals surface area contributed by atoms with E-state index in [1.165, 1.54) is 55.5 Å². The van der Waals surface area contributed by atoms with Gasteiger partial charge in [-0.2, -0.15) is 0 Å². The summed E-state index contributed by atoms with van der Waals surface area (Å²) in [6.45, 7) is 1.18. The highest BCUT2D eigenvalue weighted by Crippen LogP contribution is 2.33. The van der Waals surface area contributed by atoms with Gasteiger partial charge in [-0.1, -0.05) is 50.5 Å². The van der Waals surface area contributed by atoms with Gasteiger partial charge in [-0.3, -0.25) is 13.9 Å². The summed E-state index contributed by atoms with van der Waals surface area (Å²) >= 11 is 0. The molecule has 1 N–H and O–H groups in total. The highest BCUT2D eigenvalue weighted by atomic mass is 32.2. The molecular weight excluding hydrogens is 585 g/mol. The molecule has 2 amide bonds. The third kappa shape index (κ3) is 7.88. The van der Waals surface area contributed by atoms with Crippen LogP contribution in [0, 0.1) is 5.82 Å². The van der Waals surface area contributed by atoms with E-state index in [2.05, 4.69) is 5.32 Å². The number of methoxy groups -OCH3 is 2. The van der Waals surface area contributed by atoms with Crippen LogP contribution < -0.4 is 19.1 Å². The molecule has 0 bridgehead atoms. The normalized spacial score (nSPS) is 14.4. The minimum absolute atomic E-state index is 0.0158. The zero-order chi connectivity index (χ0) is 31.7. The van der Waals surface area contributed by atoms with Crippen LogP contribution in [-0.2, 0) is 26.2 Å². The summed E-state index contributed by atoms with van der Waals surface area (Å²) in [5.74, 6) is -0.588. The molecular formula is C33H40FN3O6S. The van der Waals surface area contributed by atoms with Crippen molar-refractivity contribution in [2.24, 2.45) is 0 Å². The fourth-order valence-electron chi connectivity index (χ4n) is 5.47. The Bertz CT molecular complexity index is 1510. The first-order valence-electron chi connectivity index (χ1n) is 14.8. The van der Waals surface area contributed by atoms with Crippen LogP contribution in [0.4, 0.5) is 10.1 Å². The molecule has 1 aliphatic carbocycles. The van der Waals surface area contributed by atoms with Crippen molar-refractivity contribution in [2.75, 3.05) is 25.1 Å². The van der Waals surface area contributed by atoms with Crippen LogP contribution in [0.5, 0.6) is 11.5 Å². The topological polar surface area (TPSA) is 105 Å². The van der Waals surface area contributed by atoms with Crippen LogP contribution in [-0.4, -0.2) is 58.0 Å². The average Bonchev–Trinajstić information content (AvgIpc) is 3.04. The highest BCUT2D eigenvalue weighted by Gasteiger charge is 2.35. The molecule has 236 valence electrons. The van der Waals surface area contributed by atoms with Crippen molar-refractivity contribution >= 4 is 27.5 Å². The molecule has 0 aromatic heterocycles. The number of hydrogen-bond donors (Lipinski definition) is 1. The zero-order valence-corrected chi connectivity index (χ0v) is 26.2. The van der Waals surface area contributed by atoms with Crippen LogP contribution >= 0.6 is 0 Å². The average molecular weight is 626 g/mol. The predicted octanol–water partition coefficient (Wildman–Crippen LogP) is 5.29. The van der Waals surface area contributed by atoms with Gasteiger partial charge in [-0.25, -0.2) is 12.8 Å². The van der Waals surface area contributed by atoms with E-state index in [1.54, 1.807) is 36.4 Å². The standard InChI is InChI=1S/C33H40FN3O6S/c1-4-29(33(39)35-26-10-6-5-7-11-26)36(22-24-14-16-25(34)17-15-24)32(38)23-37(30-12-8-9-13-31(30)43-3)44(40,41)28-20-18-27(42-2)19-21-28/h8-9,12-21,26,29H,4-7,10-11,22-23H2,1-3H3,(H,35,39). The smallest absolute Gasteiger partial charge is 0.264 e. The molecule has 4 rings (SSSR count). The van der Waals surface area contributed by atoms with Gasteiger partial charge in [0.05, 0.1) is 24.8 Å². The molecule has 3 aromatic rings. The second-order valence-electron chi connectivity index (χ2n) is 10.8. The fraction of sp³-hybridized carbons (Fsp3) is 0.394. The number of amides is 2. The molecule has 0 heterocycles. The van der Waals surface area contributed by atoms with E-state index in [-0.39, 0.29) is 34.8 Å². The van der Waals surface area contributed by atoms with Crippen molar-refractivity contribution in [3.63, 3.8) is 0 Å². The first-order valence-corrected chi connectivity index (χ1v) is 16.3. The number of rotatable bonds is 13. The molecule has 1 unspecified atom stereocenters. The monoisotopic (exact) mass is 625 g/mol. The zero-order valence-electron chi connectivity index (χ0n) is 25.4. The summed E-state index contributed by atoms with van der Waals surface area (Å²) in [5, 5.41) is 3.11. The molecule has 0 spiro atoms. The van der Waals surface area contributed by atoms with Gasteiger partial charge in [-0.05, 0) is 73.4 Å². The molecule has 9 nitrogen and oxygen atoms in total. The van der Waals surface area contributed by atoms with Gasteiger partial charge in [0.2, 0.25) is 11.8 Å². The van der Waals surface area contributed by atoms with Gasteiger partial charge in [0.1, 0.15) is 29.9 Å². The van der Waals surface area contributed by atoms with Crippen molar-refractivity contribution in [3.05, 3.63) is 84.2 Å². The predicted molar refractivity (Wildman–Crippen MR) is 167 cm³/mol. The molecule has 1 saturated carbocycles. The number of benzene rings is 3. The quantitative estimate of drug-likeness (QED) is 0.277. The van der Waals surface area contributed by atoms with E-state index >= 15 is 0 Å². The summed E-state index contributed by atoms with van der Waals surface area (Å²) in [4.78, 5) is 29.3. The number of nitrogens with one attached hydrogen (secondary N) is 1. The number of halogens is 1. The molecule has 0 saturated heterocycles. The number of ether oxygens (including phenoxy) is 2.